The summed E-state index contributed by atoms with van der Waals surface area (Å²) >= 11 is 0. The maximum atomic E-state index is 12.5. The lowest BCUT2D eigenvalue weighted by Crippen LogP contribution is -2.07. The Labute approximate surface area is 140 Å². The molecule has 0 spiro atoms. The van der Waals surface area contributed by atoms with Crippen LogP contribution >= 0.6 is 0 Å². The van der Waals surface area contributed by atoms with Crippen LogP contribution in [-0.4, -0.2) is 29.4 Å². The summed E-state index contributed by atoms with van der Waals surface area (Å²) in [6.45, 7) is -2.66. The van der Waals surface area contributed by atoms with Crippen molar-refractivity contribution >= 4 is 12.2 Å². The van der Waals surface area contributed by atoms with Crippen LogP contribution in [0.1, 0.15) is 17.0 Å². The molecule has 2 aromatic rings. The fourth-order valence-electron chi connectivity index (χ4n) is 1.93. The van der Waals surface area contributed by atoms with Gasteiger partial charge >= 0.3 is 13.2 Å². The molecular formula is C15H14F4N4O2. The first-order chi connectivity index (χ1) is 11.8. The predicted octanol–water partition coefficient (Wildman–Crippen LogP) is 3.74. The molecule has 0 atom stereocenters. The Balaban J connectivity index is 2.18. The van der Waals surface area contributed by atoms with Crippen molar-refractivity contribution in [2.45, 2.75) is 27.1 Å². The second-order valence-electron chi connectivity index (χ2n) is 4.80. The number of rotatable bonds is 7. The average Bonchev–Trinajstić information content (AvgIpc) is 2.47. The van der Waals surface area contributed by atoms with E-state index in [9.17, 15) is 17.6 Å². The van der Waals surface area contributed by atoms with Gasteiger partial charge in [0.2, 0.25) is 5.95 Å². The van der Waals surface area contributed by atoms with Gasteiger partial charge in [0.25, 0.3) is 0 Å². The van der Waals surface area contributed by atoms with Gasteiger partial charge in [0.1, 0.15) is 11.5 Å². The van der Waals surface area contributed by atoms with Crippen molar-refractivity contribution in [3.63, 3.8) is 0 Å². The van der Waals surface area contributed by atoms with Crippen molar-refractivity contribution < 1.29 is 27.0 Å². The zero-order valence-corrected chi connectivity index (χ0v) is 13.2. The molecule has 1 N–H and O–H groups in total. The summed E-state index contributed by atoms with van der Waals surface area (Å²) in [5.41, 5.74) is 4.12. The highest BCUT2D eigenvalue weighted by molar-refractivity contribution is 5.84. The number of nitrogens with zero attached hydrogens (tertiary/aromatic N) is 3. The molecule has 1 heterocycles. The molecule has 6 nitrogen and oxygen atoms in total. The number of anilines is 1. The lowest BCUT2D eigenvalue weighted by Gasteiger charge is -2.10. The fourth-order valence-corrected chi connectivity index (χ4v) is 1.93. The molecule has 2 rings (SSSR count). The third-order valence-electron chi connectivity index (χ3n) is 2.78. The van der Waals surface area contributed by atoms with Gasteiger partial charge in [-0.05, 0) is 32.0 Å². The van der Waals surface area contributed by atoms with Gasteiger partial charge in [-0.2, -0.15) is 22.7 Å². The topological polar surface area (TPSA) is 68.6 Å². The molecule has 25 heavy (non-hydrogen) atoms. The summed E-state index contributed by atoms with van der Waals surface area (Å²) in [4.78, 5) is 8.18. The Morgan fingerprint density at radius 3 is 2.24 bits per heavy atom. The number of hydrogen-bond acceptors (Lipinski definition) is 6. The normalized spacial score (nSPS) is 11.4. The van der Waals surface area contributed by atoms with Crippen molar-refractivity contribution in [3.05, 3.63) is 41.2 Å². The number of alkyl halides is 4. The molecule has 1 aromatic carbocycles. The molecule has 134 valence electrons. The smallest absolute Gasteiger partial charge is 0.387 e. The molecule has 1 aromatic heterocycles. The van der Waals surface area contributed by atoms with E-state index in [1.54, 1.807) is 19.9 Å². The molecule has 0 unspecified atom stereocenters. The number of hydrogen-bond donors (Lipinski definition) is 1. The van der Waals surface area contributed by atoms with Crippen molar-refractivity contribution in [1.82, 2.24) is 9.97 Å². The van der Waals surface area contributed by atoms with Crippen molar-refractivity contribution in [2.24, 2.45) is 5.10 Å². The first-order valence-corrected chi connectivity index (χ1v) is 6.98. The number of nitrogens with one attached hydrogen (secondary N) is 1. The van der Waals surface area contributed by atoms with Crippen LogP contribution in [0.4, 0.5) is 23.5 Å². The molecule has 0 fully saturated rings. The Kier molecular flexibility index (Phi) is 6.09. The highest BCUT2D eigenvalue weighted by Gasteiger charge is 2.12. The zero-order chi connectivity index (χ0) is 18.4. The van der Waals surface area contributed by atoms with Gasteiger partial charge in [0.05, 0.1) is 6.21 Å². The maximum absolute atomic E-state index is 12.5. The van der Waals surface area contributed by atoms with E-state index in [-0.39, 0.29) is 23.0 Å². The van der Waals surface area contributed by atoms with Crippen LogP contribution in [0, 0.1) is 13.8 Å². The van der Waals surface area contributed by atoms with Crippen molar-refractivity contribution in [3.8, 4) is 11.5 Å². The van der Waals surface area contributed by atoms with Gasteiger partial charge in [-0.1, -0.05) is 0 Å². The molecule has 10 heteroatoms. The summed E-state index contributed by atoms with van der Waals surface area (Å²) in [5.74, 6) is -0.448. The number of halogens is 4. The molecular weight excluding hydrogens is 344 g/mol. The van der Waals surface area contributed by atoms with Crippen LogP contribution in [0.3, 0.4) is 0 Å². The minimum Gasteiger partial charge on any atom is -0.435 e. The van der Waals surface area contributed by atoms with Crippen molar-refractivity contribution in [2.75, 3.05) is 5.43 Å². The van der Waals surface area contributed by atoms with Gasteiger partial charge in [0, 0.05) is 23.0 Å². The van der Waals surface area contributed by atoms with Crippen LogP contribution in [0.5, 0.6) is 11.5 Å². The Hall–Kier alpha value is -2.91. The van der Waals surface area contributed by atoms with Crippen LogP contribution in [0.25, 0.3) is 0 Å². The van der Waals surface area contributed by atoms with Crippen LogP contribution in [0.15, 0.2) is 29.4 Å². The summed E-state index contributed by atoms with van der Waals surface area (Å²) < 4.78 is 57.8. The van der Waals surface area contributed by atoms with E-state index in [0.717, 1.165) is 17.5 Å². The van der Waals surface area contributed by atoms with E-state index in [2.05, 4.69) is 30.0 Å². The number of aryl methyl sites for hydroxylation is 2. The minimum atomic E-state index is -3.13. The average molecular weight is 358 g/mol. The lowest BCUT2D eigenvalue weighted by atomic mass is 10.2. The van der Waals surface area contributed by atoms with E-state index in [0.29, 0.717) is 0 Å². The first kappa shape index (κ1) is 18.4. The highest BCUT2D eigenvalue weighted by atomic mass is 19.3. The Morgan fingerprint density at radius 2 is 1.64 bits per heavy atom. The molecule has 0 saturated heterocycles. The van der Waals surface area contributed by atoms with E-state index >= 15 is 0 Å². The third kappa shape index (κ3) is 5.90. The van der Waals surface area contributed by atoms with Crippen molar-refractivity contribution in [1.29, 1.82) is 0 Å². The quantitative estimate of drug-likeness (QED) is 0.464. The van der Waals surface area contributed by atoms with E-state index in [1.165, 1.54) is 18.3 Å². The monoisotopic (exact) mass is 358 g/mol. The molecule has 0 aliphatic carbocycles. The molecule has 0 amide bonds. The predicted molar refractivity (Wildman–Crippen MR) is 82.4 cm³/mol. The molecule has 0 saturated carbocycles. The van der Waals surface area contributed by atoms with E-state index < -0.39 is 13.2 Å². The van der Waals surface area contributed by atoms with Gasteiger partial charge in [-0.15, -0.1) is 0 Å². The third-order valence-corrected chi connectivity index (χ3v) is 2.78. The number of benzene rings is 1. The first-order valence-electron chi connectivity index (χ1n) is 6.98. The van der Waals surface area contributed by atoms with E-state index in [4.69, 9.17) is 0 Å². The summed E-state index contributed by atoms with van der Waals surface area (Å²) in [7, 11) is 0. The Morgan fingerprint density at radius 1 is 1.00 bits per heavy atom. The Bertz CT molecular complexity index is 736. The minimum absolute atomic E-state index is 0.124. The number of aromatic nitrogens is 2. The van der Waals surface area contributed by atoms with Crippen LogP contribution in [0.2, 0.25) is 0 Å². The van der Waals surface area contributed by atoms with Crippen LogP contribution < -0.4 is 14.9 Å². The summed E-state index contributed by atoms with van der Waals surface area (Å²) in [6.07, 6.45) is 1.17. The van der Waals surface area contributed by atoms with Crippen LogP contribution in [-0.2, 0) is 0 Å². The second-order valence-corrected chi connectivity index (χ2v) is 4.80. The zero-order valence-electron chi connectivity index (χ0n) is 13.2. The largest absolute Gasteiger partial charge is 0.435 e. The number of ether oxygens (including phenoxy) is 2. The van der Waals surface area contributed by atoms with Gasteiger partial charge in [0.15, 0.2) is 0 Å². The molecule has 0 aliphatic rings. The summed E-state index contributed by atoms with van der Waals surface area (Å²) in [5, 5.41) is 3.84. The molecule has 0 aliphatic heterocycles. The van der Waals surface area contributed by atoms with Gasteiger partial charge in [-0.3, -0.25) is 0 Å². The number of hydrazone groups is 1. The maximum Gasteiger partial charge on any atom is 0.387 e. The van der Waals surface area contributed by atoms with E-state index in [1.807, 2.05) is 0 Å². The summed E-state index contributed by atoms with van der Waals surface area (Å²) in [6, 6.07) is 5.13. The fraction of sp³-hybridized carbons (Fsp3) is 0.267. The van der Waals surface area contributed by atoms with Gasteiger partial charge < -0.3 is 9.47 Å². The standard InChI is InChI=1S/C15H14F4N4O2/c1-8-5-9(2)22-15(21-8)23-20-7-10-3-4-11(24-13(16)17)6-12(10)25-14(18)19/h3-7,13-14H,1-2H3,(H,21,22,23). The SMILES string of the molecule is Cc1cc(C)nc(NN=Cc2ccc(OC(F)F)cc2OC(F)F)n1. The second kappa shape index (κ2) is 8.27. The highest BCUT2D eigenvalue weighted by Crippen LogP contribution is 2.26. The molecule has 0 radical (unpaired) electrons. The molecule has 0 bridgehead atoms. The lowest BCUT2D eigenvalue weighted by molar-refractivity contribution is -0.0543. The van der Waals surface area contributed by atoms with Gasteiger partial charge in [-0.25, -0.2) is 15.4 Å².